The fourth-order valence-corrected chi connectivity index (χ4v) is 3.39. The second kappa shape index (κ2) is 3.37. The van der Waals surface area contributed by atoms with Crippen LogP contribution >= 0.6 is 0 Å². The Morgan fingerprint density at radius 1 is 1.29 bits per heavy atom. The Labute approximate surface area is 83.8 Å². The molecular weight excluding hydrogens is 200 g/mol. The van der Waals surface area contributed by atoms with E-state index in [9.17, 15) is 8.42 Å². The first-order valence-corrected chi connectivity index (χ1v) is 6.04. The summed E-state index contributed by atoms with van der Waals surface area (Å²) in [4.78, 5) is 0. The van der Waals surface area contributed by atoms with Gasteiger partial charge in [0.2, 0.25) is 0 Å². The monoisotopic (exact) mass is 212 g/mol. The summed E-state index contributed by atoms with van der Waals surface area (Å²) in [5.41, 5.74) is 0.817. The molecule has 0 unspecified atom stereocenters. The highest BCUT2D eigenvalue weighted by molar-refractivity contribution is 7.87. The highest BCUT2D eigenvalue weighted by Crippen LogP contribution is 2.36. The largest absolute Gasteiger partial charge is 0.274 e. The van der Waals surface area contributed by atoms with Crippen LogP contribution in [-0.4, -0.2) is 14.5 Å². The number of rotatable bonds is 1. The van der Waals surface area contributed by atoms with Crippen LogP contribution in [0, 0.1) is 0 Å². The Kier molecular flexibility index (Phi) is 2.33. The van der Waals surface area contributed by atoms with Gasteiger partial charge in [-0.25, -0.2) is 0 Å². The molecule has 0 aliphatic carbocycles. The van der Waals surface area contributed by atoms with Gasteiger partial charge in [-0.3, -0.25) is 4.18 Å². The van der Waals surface area contributed by atoms with Crippen molar-refractivity contribution >= 4 is 10.1 Å². The molecule has 0 saturated carbocycles. The van der Waals surface area contributed by atoms with Crippen LogP contribution in [0.25, 0.3) is 0 Å². The van der Waals surface area contributed by atoms with Gasteiger partial charge >= 0.3 is 0 Å². The average molecular weight is 212 g/mol. The molecule has 1 aromatic rings. The molecule has 0 radical (unpaired) electrons. The van der Waals surface area contributed by atoms with Gasteiger partial charge in [0.05, 0.1) is 6.10 Å². The maximum atomic E-state index is 11.6. The van der Waals surface area contributed by atoms with E-state index in [1.165, 1.54) is 0 Å². The maximum absolute atomic E-state index is 11.6. The van der Waals surface area contributed by atoms with Crippen molar-refractivity contribution in [2.75, 3.05) is 0 Å². The standard InChI is InChI=1S/C10H12O3S/c1-8-7-10(14(11,12)13-8)9-5-3-2-4-6-9/h2-6,8,10H,7H2,1H3/t8-,10-/m0/s1. The minimum Gasteiger partial charge on any atom is -0.267 e. The summed E-state index contributed by atoms with van der Waals surface area (Å²) in [5.74, 6) is 0. The fourth-order valence-electron chi connectivity index (χ4n) is 1.73. The average Bonchev–Trinajstić information content (AvgIpc) is 2.41. The lowest BCUT2D eigenvalue weighted by molar-refractivity contribution is 0.257. The van der Waals surface area contributed by atoms with Gasteiger partial charge in [0.25, 0.3) is 10.1 Å². The quantitative estimate of drug-likeness (QED) is 0.667. The normalized spacial score (nSPS) is 30.4. The van der Waals surface area contributed by atoms with Crippen molar-refractivity contribution in [1.29, 1.82) is 0 Å². The lowest BCUT2D eigenvalue weighted by Gasteiger charge is -2.06. The first-order chi connectivity index (χ1) is 6.59. The Morgan fingerprint density at radius 2 is 1.93 bits per heavy atom. The second-order valence-corrected chi connectivity index (χ2v) is 5.28. The number of hydrogen-bond acceptors (Lipinski definition) is 3. The second-order valence-electron chi connectivity index (χ2n) is 3.53. The molecule has 1 aliphatic heterocycles. The summed E-state index contributed by atoms with van der Waals surface area (Å²) in [6.45, 7) is 1.78. The van der Waals surface area contributed by atoms with Gasteiger partial charge in [0, 0.05) is 0 Å². The van der Waals surface area contributed by atoms with Crippen molar-refractivity contribution in [2.24, 2.45) is 0 Å². The van der Waals surface area contributed by atoms with Crippen LogP contribution in [0.1, 0.15) is 24.2 Å². The zero-order valence-electron chi connectivity index (χ0n) is 7.88. The summed E-state index contributed by atoms with van der Waals surface area (Å²) in [5, 5.41) is -0.487. The van der Waals surface area contributed by atoms with Gasteiger partial charge in [-0.1, -0.05) is 30.3 Å². The molecule has 4 heteroatoms. The van der Waals surface area contributed by atoms with Crippen LogP contribution in [0.3, 0.4) is 0 Å². The summed E-state index contributed by atoms with van der Waals surface area (Å²) in [6, 6.07) is 9.20. The van der Waals surface area contributed by atoms with E-state index in [2.05, 4.69) is 0 Å². The number of hydrogen-bond donors (Lipinski definition) is 0. The highest BCUT2D eigenvalue weighted by atomic mass is 32.2. The molecule has 3 nitrogen and oxygen atoms in total. The molecule has 0 spiro atoms. The summed E-state index contributed by atoms with van der Waals surface area (Å²) < 4.78 is 28.0. The molecule has 0 amide bonds. The SMILES string of the molecule is C[C@H]1C[C@@H](c2ccccc2)S(=O)(=O)O1. The van der Waals surface area contributed by atoms with Crippen molar-refractivity contribution < 1.29 is 12.6 Å². The molecule has 0 N–H and O–H groups in total. The van der Waals surface area contributed by atoms with E-state index in [1.807, 2.05) is 30.3 Å². The molecule has 1 saturated heterocycles. The fraction of sp³-hybridized carbons (Fsp3) is 0.400. The van der Waals surface area contributed by atoms with Gasteiger partial charge in [-0.05, 0) is 18.9 Å². The Bertz CT molecular complexity index is 410. The van der Waals surface area contributed by atoms with Crippen molar-refractivity contribution in [2.45, 2.75) is 24.7 Å². The maximum Gasteiger partial charge on any atom is 0.274 e. The van der Waals surface area contributed by atoms with Gasteiger partial charge in [-0.2, -0.15) is 8.42 Å². The lowest BCUT2D eigenvalue weighted by Crippen LogP contribution is -2.06. The topological polar surface area (TPSA) is 43.4 Å². The van der Waals surface area contributed by atoms with Crippen LogP contribution in [0.2, 0.25) is 0 Å². The smallest absolute Gasteiger partial charge is 0.267 e. The van der Waals surface area contributed by atoms with Gasteiger partial charge in [0.15, 0.2) is 0 Å². The molecule has 1 fully saturated rings. The number of benzene rings is 1. The molecule has 1 aliphatic rings. The van der Waals surface area contributed by atoms with Gasteiger partial charge in [0.1, 0.15) is 5.25 Å². The van der Waals surface area contributed by atoms with E-state index in [-0.39, 0.29) is 6.10 Å². The molecule has 0 aromatic heterocycles. The Morgan fingerprint density at radius 3 is 2.43 bits per heavy atom. The van der Waals surface area contributed by atoms with E-state index < -0.39 is 15.4 Å². The van der Waals surface area contributed by atoms with E-state index in [1.54, 1.807) is 6.92 Å². The van der Waals surface area contributed by atoms with Crippen molar-refractivity contribution in [3.63, 3.8) is 0 Å². The van der Waals surface area contributed by atoms with Crippen molar-refractivity contribution in [3.05, 3.63) is 35.9 Å². The Hall–Kier alpha value is -0.870. The molecule has 1 aromatic carbocycles. The zero-order valence-corrected chi connectivity index (χ0v) is 8.70. The predicted octanol–water partition coefficient (Wildman–Crippen LogP) is 1.87. The molecule has 14 heavy (non-hydrogen) atoms. The third kappa shape index (κ3) is 1.67. The Balaban J connectivity index is 2.37. The van der Waals surface area contributed by atoms with Gasteiger partial charge in [-0.15, -0.1) is 0 Å². The van der Waals surface area contributed by atoms with Crippen molar-refractivity contribution in [3.8, 4) is 0 Å². The first kappa shape index (κ1) is 9.68. The van der Waals surface area contributed by atoms with E-state index in [0.717, 1.165) is 5.56 Å². The van der Waals surface area contributed by atoms with Crippen LogP contribution < -0.4 is 0 Å². The molecule has 76 valence electrons. The summed E-state index contributed by atoms with van der Waals surface area (Å²) >= 11 is 0. The van der Waals surface area contributed by atoms with Crippen LogP contribution in [-0.2, 0) is 14.3 Å². The van der Waals surface area contributed by atoms with E-state index in [4.69, 9.17) is 4.18 Å². The minimum absolute atomic E-state index is 0.204. The van der Waals surface area contributed by atoms with Crippen LogP contribution in [0.15, 0.2) is 30.3 Å². The lowest BCUT2D eigenvalue weighted by atomic mass is 10.1. The molecular formula is C10H12O3S. The third-order valence-electron chi connectivity index (χ3n) is 2.36. The van der Waals surface area contributed by atoms with Crippen LogP contribution in [0.5, 0.6) is 0 Å². The molecule has 1 heterocycles. The highest BCUT2D eigenvalue weighted by Gasteiger charge is 2.38. The van der Waals surface area contributed by atoms with Gasteiger partial charge < -0.3 is 0 Å². The predicted molar refractivity (Wildman–Crippen MR) is 53.3 cm³/mol. The zero-order chi connectivity index (χ0) is 10.2. The van der Waals surface area contributed by atoms with Crippen molar-refractivity contribution in [1.82, 2.24) is 0 Å². The minimum atomic E-state index is -3.39. The van der Waals surface area contributed by atoms with Crippen LogP contribution in [0.4, 0.5) is 0 Å². The molecule has 2 rings (SSSR count). The van der Waals surface area contributed by atoms with E-state index >= 15 is 0 Å². The molecule has 2 atom stereocenters. The third-order valence-corrected chi connectivity index (χ3v) is 4.12. The first-order valence-electron chi connectivity index (χ1n) is 4.56. The molecule has 0 bridgehead atoms. The summed E-state index contributed by atoms with van der Waals surface area (Å²) in [6.07, 6.45) is 0.344. The van der Waals surface area contributed by atoms with E-state index in [0.29, 0.717) is 6.42 Å². The summed E-state index contributed by atoms with van der Waals surface area (Å²) in [7, 11) is -3.39.